The van der Waals surface area contributed by atoms with Crippen LogP contribution in [0.25, 0.3) is 5.65 Å². The topological polar surface area (TPSA) is 46.0 Å². The molecule has 0 bridgehead atoms. The fraction of sp³-hybridized carbons (Fsp3) is 0. The molecule has 0 aliphatic heterocycles. The number of nitrogens with one attached hydrogen (secondary N) is 1. The summed E-state index contributed by atoms with van der Waals surface area (Å²) in [6.07, 6.45) is 3.26. The summed E-state index contributed by atoms with van der Waals surface area (Å²) in [4.78, 5) is 6.71. The van der Waals surface area contributed by atoms with Gasteiger partial charge < -0.3 is 4.98 Å². The van der Waals surface area contributed by atoms with E-state index in [0.29, 0.717) is 4.77 Å². The van der Waals surface area contributed by atoms with E-state index < -0.39 is 0 Å². The van der Waals surface area contributed by atoms with Crippen LogP contribution in [-0.4, -0.2) is 19.6 Å². The normalized spacial score (nSPS) is 10.4. The van der Waals surface area contributed by atoms with Crippen LogP contribution in [0.3, 0.4) is 0 Å². The van der Waals surface area contributed by atoms with Gasteiger partial charge in [0.1, 0.15) is 12.0 Å². The van der Waals surface area contributed by atoms with Crippen molar-refractivity contribution < 1.29 is 0 Å². The maximum absolute atomic E-state index is 4.80. The highest BCUT2D eigenvalue weighted by Gasteiger charge is 1.89. The Morgan fingerprint density at radius 2 is 2.50 bits per heavy atom. The molecular formula is C5H4N4S. The molecule has 2 rings (SSSR count). The Balaban J connectivity index is 2.99. The molecule has 1 N–H and O–H groups in total. The van der Waals surface area contributed by atoms with Gasteiger partial charge in [0.15, 0.2) is 4.77 Å². The van der Waals surface area contributed by atoms with Crippen LogP contribution in [0, 0.1) is 4.77 Å². The van der Waals surface area contributed by atoms with E-state index in [1.807, 2.05) is 6.07 Å². The molecule has 0 spiro atoms. The van der Waals surface area contributed by atoms with Gasteiger partial charge in [0.05, 0.1) is 6.20 Å². The monoisotopic (exact) mass is 152 g/mol. The van der Waals surface area contributed by atoms with Gasteiger partial charge in [0, 0.05) is 6.07 Å². The summed E-state index contributed by atoms with van der Waals surface area (Å²) in [6, 6.07) is 1.83. The molecule has 0 unspecified atom stereocenters. The van der Waals surface area contributed by atoms with E-state index in [0.717, 1.165) is 5.65 Å². The number of hydrogen-bond acceptors (Lipinski definition) is 3. The summed E-state index contributed by atoms with van der Waals surface area (Å²) < 4.78 is 2.10. The maximum Gasteiger partial charge on any atom is 0.199 e. The van der Waals surface area contributed by atoms with Gasteiger partial charge in [-0.05, 0) is 12.2 Å². The van der Waals surface area contributed by atoms with Crippen LogP contribution >= 0.6 is 12.2 Å². The third-order valence-corrected chi connectivity index (χ3v) is 1.40. The molecule has 2 heterocycles. The van der Waals surface area contributed by atoms with Crippen molar-refractivity contribution in [2.75, 3.05) is 0 Å². The van der Waals surface area contributed by atoms with Gasteiger partial charge in [0.2, 0.25) is 0 Å². The van der Waals surface area contributed by atoms with Crippen molar-refractivity contribution in [1.29, 1.82) is 0 Å². The molecule has 2 aromatic rings. The average molecular weight is 152 g/mol. The van der Waals surface area contributed by atoms with Crippen LogP contribution in [0.5, 0.6) is 0 Å². The van der Waals surface area contributed by atoms with Gasteiger partial charge in [-0.3, -0.25) is 0 Å². The van der Waals surface area contributed by atoms with Crippen LogP contribution in [0.4, 0.5) is 0 Å². The zero-order valence-electron chi connectivity index (χ0n) is 4.98. The van der Waals surface area contributed by atoms with Gasteiger partial charge in [-0.15, -0.1) is 0 Å². The van der Waals surface area contributed by atoms with Crippen molar-refractivity contribution in [2.45, 2.75) is 0 Å². The minimum Gasteiger partial charge on any atom is -0.315 e. The standard InChI is InChI=1S/C5H4N4S/c10-5-6-3-9-4(8-5)1-2-7-9/h1-3H,(H,8,10). The van der Waals surface area contributed by atoms with Crippen molar-refractivity contribution in [2.24, 2.45) is 0 Å². The molecule has 0 aliphatic carbocycles. The molecule has 5 heteroatoms. The molecule has 0 atom stereocenters. The minimum absolute atomic E-state index is 0.480. The van der Waals surface area contributed by atoms with E-state index in [1.165, 1.54) is 0 Å². The fourth-order valence-electron chi connectivity index (χ4n) is 0.754. The van der Waals surface area contributed by atoms with Crippen molar-refractivity contribution in [3.63, 3.8) is 0 Å². The van der Waals surface area contributed by atoms with E-state index in [4.69, 9.17) is 12.2 Å². The average Bonchev–Trinajstić information content (AvgIpc) is 2.33. The summed E-state index contributed by atoms with van der Waals surface area (Å²) in [5, 5.41) is 3.94. The number of aromatic amines is 1. The van der Waals surface area contributed by atoms with Gasteiger partial charge >= 0.3 is 0 Å². The van der Waals surface area contributed by atoms with Crippen LogP contribution < -0.4 is 0 Å². The first-order valence-electron chi connectivity index (χ1n) is 2.75. The van der Waals surface area contributed by atoms with E-state index in [2.05, 4.69) is 15.1 Å². The SMILES string of the molecule is S=c1ncn2nccc2[nH]1. The van der Waals surface area contributed by atoms with Crippen LogP contribution in [0.1, 0.15) is 0 Å². The summed E-state index contributed by atoms with van der Waals surface area (Å²) in [6.45, 7) is 0. The molecule has 50 valence electrons. The lowest BCUT2D eigenvalue weighted by atomic mass is 10.7. The second-order valence-corrected chi connectivity index (χ2v) is 2.22. The van der Waals surface area contributed by atoms with Crippen LogP contribution in [0.2, 0.25) is 0 Å². The molecule has 0 saturated heterocycles. The van der Waals surface area contributed by atoms with Crippen molar-refractivity contribution in [1.82, 2.24) is 19.6 Å². The van der Waals surface area contributed by atoms with Crippen molar-refractivity contribution >= 4 is 17.9 Å². The van der Waals surface area contributed by atoms with E-state index >= 15 is 0 Å². The number of H-pyrrole nitrogens is 1. The molecule has 0 fully saturated rings. The summed E-state index contributed by atoms with van der Waals surface area (Å²) >= 11 is 4.80. The molecule has 0 amide bonds. The van der Waals surface area contributed by atoms with E-state index in [1.54, 1.807) is 17.0 Å². The Hall–Kier alpha value is -1.23. The highest BCUT2D eigenvalue weighted by Crippen LogP contribution is 1.92. The predicted octanol–water partition coefficient (Wildman–Crippen LogP) is 0.787. The number of aromatic nitrogens is 4. The number of nitrogens with zero attached hydrogens (tertiary/aromatic N) is 3. The third kappa shape index (κ3) is 0.714. The molecule has 0 aromatic carbocycles. The Kier molecular flexibility index (Phi) is 1.04. The lowest BCUT2D eigenvalue weighted by molar-refractivity contribution is 0.884. The number of fused-ring (bicyclic) bond motifs is 1. The first-order valence-corrected chi connectivity index (χ1v) is 3.16. The van der Waals surface area contributed by atoms with Gasteiger partial charge in [-0.2, -0.15) is 5.10 Å². The highest BCUT2D eigenvalue weighted by molar-refractivity contribution is 7.71. The Labute approximate surface area is 61.5 Å². The largest absolute Gasteiger partial charge is 0.315 e. The zero-order chi connectivity index (χ0) is 6.97. The summed E-state index contributed by atoms with van der Waals surface area (Å²) in [5.41, 5.74) is 0.861. The Morgan fingerprint density at radius 3 is 3.40 bits per heavy atom. The smallest absolute Gasteiger partial charge is 0.199 e. The van der Waals surface area contributed by atoms with Gasteiger partial charge in [0.25, 0.3) is 0 Å². The molecule has 0 aliphatic rings. The van der Waals surface area contributed by atoms with Gasteiger partial charge in [-0.25, -0.2) is 9.50 Å². The first kappa shape index (κ1) is 5.55. The highest BCUT2D eigenvalue weighted by atomic mass is 32.1. The lowest BCUT2D eigenvalue weighted by Gasteiger charge is -1.88. The predicted molar refractivity (Wildman–Crippen MR) is 38.2 cm³/mol. The third-order valence-electron chi connectivity index (χ3n) is 1.19. The molecule has 2 aromatic heterocycles. The number of rotatable bonds is 0. The lowest BCUT2D eigenvalue weighted by Crippen LogP contribution is -1.91. The quantitative estimate of drug-likeness (QED) is 0.567. The maximum atomic E-state index is 4.80. The molecule has 10 heavy (non-hydrogen) atoms. The number of hydrogen-bond donors (Lipinski definition) is 1. The van der Waals surface area contributed by atoms with Crippen LogP contribution in [0.15, 0.2) is 18.6 Å². The second-order valence-electron chi connectivity index (χ2n) is 1.84. The zero-order valence-corrected chi connectivity index (χ0v) is 5.80. The molecule has 0 radical (unpaired) electrons. The van der Waals surface area contributed by atoms with E-state index in [-0.39, 0.29) is 0 Å². The molecule has 0 saturated carbocycles. The Bertz CT molecular complexity index is 401. The van der Waals surface area contributed by atoms with Crippen molar-refractivity contribution in [3.8, 4) is 0 Å². The fourth-order valence-corrected chi connectivity index (χ4v) is 0.906. The minimum atomic E-state index is 0.480. The summed E-state index contributed by atoms with van der Waals surface area (Å²) in [7, 11) is 0. The molecular weight excluding hydrogens is 148 g/mol. The summed E-state index contributed by atoms with van der Waals surface area (Å²) in [5.74, 6) is 0. The second kappa shape index (κ2) is 1.88. The van der Waals surface area contributed by atoms with Gasteiger partial charge in [-0.1, -0.05) is 0 Å². The van der Waals surface area contributed by atoms with Crippen LogP contribution in [-0.2, 0) is 0 Å². The van der Waals surface area contributed by atoms with Crippen molar-refractivity contribution in [3.05, 3.63) is 23.4 Å². The Morgan fingerprint density at radius 1 is 1.60 bits per heavy atom. The van der Waals surface area contributed by atoms with E-state index in [9.17, 15) is 0 Å². The molecule has 4 nitrogen and oxygen atoms in total. The first-order chi connectivity index (χ1) is 4.86.